The van der Waals surface area contributed by atoms with Crippen LogP contribution in [-0.4, -0.2) is 11.1 Å². The first-order chi connectivity index (χ1) is 6.81. The fourth-order valence-electron chi connectivity index (χ4n) is 1.26. The number of carbonyl (C=O) groups excluding carboxylic acids is 1. The normalized spacial score (nSPS) is 10.1. The maximum Gasteiger partial charge on any atom is 0.426 e. The SMILES string of the molecule is NNC(=O)Oc1c[nH]c2ccccc12. The van der Waals surface area contributed by atoms with Gasteiger partial charge in [0.05, 0.1) is 0 Å². The Hall–Kier alpha value is -2.01. The second-order valence-corrected chi connectivity index (χ2v) is 2.73. The van der Waals surface area contributed by atoms with Crippen LogP contribution < -0.4 is 16.0 Å². The lowest BCUT2D eigenvalue weighted by Gasteiger charge is -1.99. The second kappa shape index (κ2) is 3.39. The Labute approximate surface area is 79.8 Å². The summed E-state index contributed by atoms with van der Waals surface area (Å²) in [4.78, 5) is 13.8. The van der Waals surface area contributed by atoms with Gasteiger partial charge in [0.15, 0.2) is 5.75 Å². The average molecular weight is 191 g/mol. The second-order valence-electron chi connectivity index (χ2n) is 2.73. The van der Waals surface area contributed by atoms with E-state index in [9.17, 15) is 4.79 Å². The number of aromatic amines is 1. The van der Waals surface area contributed by atoms with E-state index in [0.29, 0.717) is 5.75 Å². The lowest BCUT2D eigenvalue weighted by Crippen LogP contribution is -2.32. The minimum absolute atomic E-state index is 0.462. The molecule has 0 radical (unpaired) electrons. The summed E-state index contributed by atoms with van der Waals surface area (Å²) in [6, 6.07) is 7.50. The third kappa shape index (κ3) is 1.40. The van der Waals surface area contributed by atoms with Gasteiger partial charge in [0, 0.05) is 17.1 Å². The molecule has 4 N–H and O–H groups in total. The van der Waals surface area contributed by atoms with Gasteiger partial charge in [-0.15, -0.1) is 0 Å². The standard InChI is InChI=1S/C9H9N3O2/c10-12-9(13)14-8-5-11-7-4-2-1-3-6(7)8/h1-5,11H,10H2,(H,12,13). The van der Waals surface area contributed by atoms with Gasteiger partial charge in [0.2, 0.25) is 0 Å². The summed E-state index contributed by atoms with van der Waals surface area (Å²) >= 11 is 0. The third-order valence-electron chi connectivity index (χ3n) is 1.87. The lowest BCUT2D eigenvalue weighted by molar-refractivity contribution is 0.201. The number of hydrazine groups is 1. The predicted molar refractivity (Wildman–Crippen MR) is 51.6 cm³/mol. The Balaban J connectivity index is 2.38. The minimum atomic E-state index is -0.685. The highest BCUT2D eigenvalue weighted by Crippen LogP contribution is 2.24. The molecule has 0 aliphatic heterocycles. The lowest BCUT2D eigenvalue weighted by atomic mass is 10.2. The fourth-order valence-corrected chi connectivity index (χ4v) is 1.26. The van der Waals surface area contributed by atoms with Crippen LogP contribution in [0.3, 0.4) is 0 Å². The molecule has 2 aromatic rings. The summed E-state index contributed by atoms with van der Waals surface area (Å²) in [5, 5.41) is 0.844. The Kier molecular flexibility index (Phi) is 2.08. The molecule has 0 aliphatic carbocycles. The summed E-state index contributed by atoms with van der Waals surface area (Å²) < 4.78 is 4.91. The van der Waals surface area contributed by atoms with Crippen molar-refractivity contribution < 1.29 is 9.53 Å². The van der Waals surface area contributed by atoms with Crippen molar-refractivity contribution in [3.05, 3.63) is 30.5 Å². The number of amides is 1. The number of hydrogen-bond donors (Lipinski definition) is 3. The van der Waals surface area contributed by atoms with Crippen LogP contribution in [0.15, 0.2) is 30.5 Å². The van der Waals surface area contributed by atoms with Crippen molar-refractivity contribution in [3.8, 4) is 5.75 Å². The number of hydrogen-bond acceptors (Lipinski definition) is 3. The van der Waals surface area contributed by atoms with Crippen molar-refractivity contribution in [2.75, 3.05) is 0 Å². The molecule has 1 heterocycles. The zero-order valence-corrected chi connectivity index (χ0v) is 7.28. The molecule has 14 heavy (non-hydrogen) atoms. The highest BCUT2D eigenvalue weighted by molar-refractivity contribution is 5.88. The average Bonchev–Trinajstić information content (AvgIpc) is 2.62. The maximum absolute atomic E-state index is 10.9. The highest BCUT2D eigenvalue weighted by Gasteiger charge is 2.07. The molecule has 0 unspecified atom stereocenters. The van der Waals surface area contributed by atoms with Gasteiger partial charge in [-0.2, -0.15) is 0 Å². The minimum Gasteiger partial charge on any atom is -0.407 e. The summed E-state index contributed by atoms with van der Waals surface area (Å²) in [7, 11) is 0. The van der Waals surface area contributed by atoms with Crippen molar-refractivity contribution in [1.82, 2.24) is 10.4 Å². The molecule has 0 bridgehead atoms. The smallest absolute Gasteiger partial charge is 0.407 e. The van der Waals surface area contributed by atoms with Crippen LogP contribution in [0.1, 0.15) is 0 Å². The van der Waals surface area contributed by atoms with Crippen molar-refractivity contribution in [3.63, 3.8) is 0 Å². The molecule has 1 amide bonds. The molecule has 0 saturated carbocycles. The molecule has 72 valence electrons. The van der Waals surface area contributed by atoms with Crippen LogP contribution in [0.5, 0.6) is 5.75 Å². The largest absolute Gasteiger partial charge is 0.426 e. The van der Waals surface area contributed by atoms with Crippen molar-refractivity contribution >= 4 is 17.0 Å². The number of benzene rings is 1. The molecule has 0 atom stereocenters. The van der Waals surface area contributed by atoms with Crippen molar-refractivity contribution in [1.29, 1.82) is 0 Å². The van der Waals surface area contributed by atoms with E-state index in [1.165, 1.54) is 0 Å². The number of ether oxygens (including phenoxy) is 1. The first-order valence-corrected chi connectivity index (χ1v) is 4.06. The Morgan fingerprint density at radius 2 is 2.21 bits per heavy atom. The first-order valence-electron chi connectivity index (χ1n) is 4.06. The molecule has 1 aromatic heterocycles. The molecule has 0 spiro atoms. The summed E-state index contributed by atoms with van der Waals surface area (Å²) in [6.45, 7) is 0. The number of carbonyl (C=O) groups is 1. The molecule has 2 rings (SSSR count). The molecule has 5 heteroatoms. The van der Waals surface area contributed by atoms with E-state index in [-0.39, 0.29) is 0 Å². The van der Waals surface area contributed by atoms with Gasteiger partial charge in [-0.3, -0.25) is 5.43 Å². The van der Waals surface area contributed by atoms with Crippen molar-refractivity contribution in [2.45, 2.75) is 0 Å². The van der Waals surface area contributed by atoms with Crippen LogP contribution >= 0.6 is 0 Å². The van der Waals surface area contributed by atoms with E-state index in [1.54, 1.807) is 6.20 Å². The summed E-state index contributed by atoms with van der Waals surface area (Å²) in [5.74, 6) is 5.36. The predicted octanol–water partition coefficient (Wildman–Crippen LogP) is 1.13. The monoisotopic (exact) mass is 191 g/mol. The van der Waals surface area contributed by atoms with E-state index in [1.807, 2.05) is 29.7 Å². The van der Waals surface area contributed by atoms with Gasteiger partial charge >= 0.3 is 6.09 Å². The molecule has 0 aliphatic rings. The number of nitrogens with one attached hydrogen (secondary N) is 2. The van der Waals surface area contributed by atoms with Gasteiger partial charge < -0.3 is 9.72 Å². The Morgan fingerprint density at radius 1 is 1.43 bits per heavy atom. The van der Waals surface area contributed by atoms with E-state index in [0.717, 1.165) is 10.9 Å². The van der Waals surface area contributed by atoms with Gasteiger partial charge in [0.1, 0.15) is 0 Å². The third-order valence-corrected chi connectivity index (χ3v) is 1.87. The number of nitrogens with two attached hydrogens (primary N) is 1. The quantitative estimate of drug-likeness (QED) is 0.359. The molecular weight excluding hydrogens is 182 g/mol. The fraction of sp³-hybridized carbons (Fsp3) is 0. The Bertz CT molecular complexity index is 464. The van der Waals surface area contributed by atoms with E-state index in [4.69, 9.17) is 10.6 Å². The highest BCUT2D eigenvalue weighted by atomic mass is 16.6. The molecular formula is C9H9N3O2. The summed E-state index contributed by atoms with van der Waals surface area (Å²) in [5.41, 5.74) is 2.80. The topological polar surface area (TPSA) is 80.1 Å². The zero-order valence-electron chi connectivity index (χ0n) is 7.28. The number of fused-ring (bicyclic) bond motifs is 1. The van der Waals surface area contributed by atoms with Gasteiger partial charge in [-0.25, -0.2) is 10.6 Å². The van der Waals surface area contributed by atoms with Crippen molar-refractivity contribution in [2.24, 2.45) is 5.84 Å². The molecule has 5 nitrogen and oxygen atoms in total. The van der Waals surface area contributed by atoms with E-state index in [2.05, 4.69) is 4.98 Å². The van der Waals surface area contributed by atoms with Gasteiger partial charge in [-0.05, 0) is 12.1 Å². The molecule has 0 fully saturated rings. The van der Waals surface area contributed by atoms with Crippen LogP contribution in [0, 0.1) is 0 Å². The zero-order chi connectivity index (χ0) is 9.97. The van der Waals surface area contributed by atoms with E-state index < -0.39 is 6.09 Å². The number of H-pyrrole nitrogens is 1. The van der Waals surface area contributed by atoms with Crippen LogP contribution in [0.2, 0.25) is 0 Å². The first kappa shape index (κ1) is 8.58. The Morgan fingerprint density at radius 3 is 3.00 bits per heavy atom. The van der Waals surface area contributed by atoms with Crippen LogP contribution in [0.25, 0.3) is 10.9 Å². The number of rotatable bonds is 1. The molecule has 1 aromatic carbocycles. The van der Waals surface area contributed by atoms with Gasteiger partial charge in [0.25, 0.3) is 0 Å². The number of para-hydroxylation sites is 1. The maximum atomic E-state index is 10.9. The van der Waals surface area contributed by atoms with Crippen LogP contribution in [0.4, 0.5) is 4.79 Å². The summed E-state index contributed by atoms with van der Waals surface area (Å²) in [6.07, 6.45) is 0.926. The van der Waals surface area contributed by atoms with Crippen LogP contribution in [-0.2, 0) is 0 Å². The number of aromatic nitrogens is 1. The van der Waals surface area contributed by atoms with Gasteiger partial charge in [-0.1, -0.05) is 12.1 Å². The van der Waals surface area contributed by atoms with E-state index >= 15 is 0 Å². The molecule has 0 saturated heterocycles.